The number of sulfonamides is 1. The van der Waals surface area contributed by atoms with Crippen LogP contribution in [0, 0.1) is 12.7 Å². The molecule has 1 aromatic heterocycles. The lowest BCUT2D eigenvalue weighted by Gasteiger charge is -2.36. The minimum absolute atomic E-state index is 0. The number of halogens is 2. The number of hydrogen-bond donors (Lipinski definition) is 2. The number of piperazine rings is 1. The molecular weight excluding hydrogens is 397 g/mol. The lowest BCUT2D eigenvalue weighted by Crippen LogP contribution is -2.48. The molecule has 1 unspecified atom stereocenters. The molecule has 7 nitrogen and oxygen atoms in total. The van der Waals surface area contributed by atoms with Gasteiger partial charge < -0.3 is 14.6 Å². The fraction of sp³-hybridized carbons (Fsp3) is 0.353. The van der Waals surface area contributed by atoms with Crippen LogP contribution in [0.2, 0.25) is 0 Å². The smallest absolute Gasteiger partial charge is 0.273 e. The molecule has 148 valence electrons. The first kappa shape index (κ1) is 21.4. The maximum atomic E-state index is 13.6. The van der Waals surface area contributed by atoms with Gasteiger partial charge in [0, 0.05) is 25.7 Å². The zero-order chi connectivity index (χ0) is 18.9. The van der Waals surface area contributed by atoms with Gasteiger partial charge in [0.25, 0.3) is 15.9 Å². The van der Waals surface area contributed by atoms with Crippen molar-refractivity contribution in [2.75, 3.05) is 26.7 Å². The lowest BCUT2D eigenvalue weighted by atomic mass is 10.0. The summed E-state index contributed by atoms with van der Waals surface area (Å²) in [5, 5.41) is 2.89. The molecule has 0 bridgehead atoms. The van der Waals surface area contributed by atoms with Crippen molar-refractivity contribution in [2.45, 2.75) is 18.1 Å². The van der Waals surface area contributed by atoms with E-state index in [2.05, 4.69) is 10.0 Å². The monoisotopic (exact) mass is 417 g/mol. The van der Waals surface area contributed by atoms with Crippen LogP contribution < -0.4 is 10.0 Å². The average Bonchev–Trinajstić information content (AvgIpc) is 3.04. The standard InChI is InChI=1S/C17H20FN3O4S.ClH/c1-11-14(9-16(25-11)26(23,24)19-2)17(22)21-7-6-20-10-15(21)12-4-3-5-13(18)8-12;/h3-5,8-9,15,19-20H,6-7,10H2,1-2H3;1H. The molecule has 1 saturated heterocycles. The van der Waals surface area contributed by atoms with Gasteiger partial charge in [0.1, 0.15) is 11.6 Å². The SMILES string of the molecule is CNS(=O)(=O)c1cc(C(=O)N2CCNCC2c2cccc(F)c2)c(C)o1.Cl. The van der Waals surface area contributed by atoms with Gasteiger partial charge in [-0.05, 0) is 31.7 Å². The van der Waals surface area contributed by atoms with E-state index in [-0.39, 0.29) is 46.6 Å². The molecule has 27 heavy (non-hydrogen) atoms. The summed E-state index contributed by atoms with van der Waals surface area (Å²) in [4.78, 5) is 14.7. The first-order chi connectivity index (χ1) is 12.3. The summed E-state index contributed by atoms with van der Waals surface area (Å²) in [7, 11) is -2.52. The first-order valence-electron chi connectivity index (χ1n) is 8.14. The Morgan fingerprint density at radius 1 is 1.37 bits per heavy atom. The quantitative estimate of drug-likeness (QED) is 0.792. The largest absolute Gasteiger partial charge is 0.448 e. The van der Waals surface area contributed by atoms with E-state index >= 15 is 0 Å². The molecule has 2 aromatic rings. The Hall–Kier alpha value is -1.94. The number of carbonyl (C=O) groups is 1. The summed E-state index contributed by atoms with van der Waals surface area (Å²) in [6.45, 7) is 3.03. The van der Waals surface area contributed by atoms with Gasteiger partial charge in [-0.3, -0.25) is 4.79 Å². The van der Waals surface area contributed by atoms with E-state index < -0.39 is 10.0 Å². The van der Waals surface area contributed by atoms with Crippen LogP contribution in [0.5, 0.6) is 0 Å². The van der Waals surface area contributed by atoms with E-state index in [0.29, 0.717) is 25.2 Å². The highest BCUT2D eigenvalue weighted by Crippen LogP contribution is 2.27. The average molecular weight is 418 g/mol. The third-order valence-corrected chi connectivity index (χ3v) is 5.67. The van der Waals surface area contributed by atoms with Crippen LogP contribution in [0.3, 0.4) is 0 Å². The predicted octanol–water partition coefficient (Wildman–Crippen LogP) is 1.84. The minimum atomic E-state index is -3.78. The van der Waals surface area contributed by atoms with Gasteiger partial charge in [0.2, 0.25) is 5.09 Å². The van der Waals surface area contributed by atoms with Crippen LogP contribution in [0.25, 0.3) is 0 Å². The number of nitrogens with one attached hydrogen (secondary N) is 2. The van der Waals surface area contributed by atoms with Crippen LogP contribution in [0.4, 0.5) is 4.39 Å². The van der Waals surface area contributed by atoms with Crippen molar-refractivity contribution in [3.8, 4) is 0 Å². The van der Waals surface area contributed by atoms with Gasteiger partial charge in [0.15, 0.2) is 0 Å². The Kier molecular flexibility index (Phi) is 6.63. The summed E-state index contributed by atoms with van der Waals surface area (Å²) in [6.07, 6.45) is 0. The van der Waals surface area contributed by atoms with Crippen molar-refractivity contribution < 1.29 is 22.0 Å². The molecular formula is C17H21ClFN3O4S. The van der Waals surface area contributed by atoms with Gasteiger partial charge in [-0.15, -0.1) is 12.4 Å². The molecule has 0 aliphatic carbocycles. The number of hydrogen-bond acceptors (Lipinski definition) is 5. The van der Waals surface area contributed by atoms with Crippen molar-refractivity contribution in [3.05, 3.63) is 53.0 Å². The first-order valence-corrected chi connectivity index (χ1v) is 9.63. The Bertz CT molecular complexity index is 932. The molecule has 1 aliphatic heterocycles. The topological polar surface area (TPSA) is 91.7 Å². The maximum Gasteiger partial charge on any atom is 0.273 e. The number of aryl methyl sites for hydroxylation is 1. The second-order valence-electron chi connectivity index (χ2n) is 6.02. The molecule has 2 heterocycles. The summed E-state index contributed by atoms with van der Waals surface area (Å²) < 4.78 is 44.8. The minimum Gasteiger partial charge on any atom is -0.448 e. The van der Waals surface area contributed by atoms with Crippen LogP contribution in [-0.2, 0) is 10.0 Å². The lowest BCUT2D eigenvalue weighted by molar-refractivity contribution is 0.0632. The van der Waals surface area contributed by atoms with Crippen molar-refractivity contribution in [1.82, 2.24) is 14.9 Å². The van der Waals surface area contributed by atoms with Crippen molar-refractivity contribution in [3.63, 3.8) is 0 Å². The second-order valence-corrected chi connectivity index (χ2v) is 7.83. The summed E-state index contributed by atoms with van der Waals surface area (Å²) in [5.74, 6) is -0.498. The highest BCUT2D eigenvalue weighted by atomic mass is 35.5. The highest BCUT2D eigenvalue weighted by molar-refractivity contribution is 7.89. The van der Waals surface area contributed by atoms with Gasteiger partial charge in [0.05, 0.1) is 11.6 Å². The molecule has 1 aromatic carbocycles. The Balaban J connectivity index is 0.00000261. The van der Waals surface area contributed by atoms with Crippen LogP contribution >= 0.6 is 12.4 Å². The Morgan fingerprint density at radius 3 is 2.78 bits per heavy atom. The zero-order valence-electron chi connectivity index (χ0n) is 14.9. The summed E-state index contributed by atoms with van der Waals surface area (Å²) in [6, 6.07) is 6.99. The molecule has 0 radical (unpaired) electrons. The van der Waals surface area contributed by atoms with Gasteiger partial charge >= 0.3 is 0 Å². The molecule has 0 spiro atoms. The van der Waals surface area contributed by atoms with Crippen molar-refractivity contribution in [1.29, 1.82) is 0 Å². The number of nitrogens with zero attached hydrogens (tertiary/aromatic N) is 1. The van der Waals surface area contributed by atoms with Gasteiger partial charge in [-0.1, -0.05) is 12.1 Å². The van der Waals surface area contributed by atoms with E-state index in [4.69, 9.17) is 4.42 Å². The number of rotatable bonds is 4. The number of carbonyl (C=O) groups excluding carboxylic acids is 1. The molecule has 1 atom stereocenters. The van der Waals surface area contributed by atoms with E-state index in [1.165, 1.54) is 25.2 Å². The third-order valence-electron chi connectivity index (χ3n) is 4.40. The van der Waals surface area contributed by atoms with Gasteiger partial charge in [-0.2, -0.15) is 0 Å². The summed E-state index contributed by atoms with van der Waals surface area (Å²) in [5.41, 5.74) is 0.858. The van der Waals surface area contributed by atoms with Crippen molar-refractivity contribution >= 4 is 28.3 Å². The van der Waals surface area contributed by atoms with Crippen LogP contribution in [0.15, 0.2) is 39.8 Å². The second kappa shape index (κ2) is 8.39. The maximum absolute atomic E-state index is 13.6. The molecule has 2 N–H and O–H groups in total. The van der Waals surface area contributed by atoms with Crippen molar-refractivity contribution in [2.24, 2.45) is 0 Å². The zero-order valence-corrected chi connectivity index (χ0v) is 16.5. The molecule has 3 rings (SSSR count). The molecule has 10 heteroatoms. The Morgan fingerprint density at radius 2 is 2.11 bits per heavy atom. The molecule has 1 fully saturated rings. The molecule has 0 saturated carbocycles. The predicted molar refractivity (Wildman–Crippen MR) is 100.0 cm³/mol. The van der Waals surface area contributed by atoms with E-state index in [1.807, 2.05) is 0 Å². The number of benzene rings is 1. The normalized spacial score (nSPS) is 17.4. The number of amides is 1. The third kappa shape index (κ3) is 4.32. The number of furan rings is 1. The molecule has 1 aliphatic rings. The fourth-order valence-corrected chi connectivity index (χ4v) is 3.72. The fourth-order valence-electron chi connectivity index (χ4n) is 3.01. The van der Waals surface area contributed by atoms with E-state index in [0.717, 1.165) is 0 Å². The van der Waals surface area contributed by atoms with Crippen LogP contribution in [-0.4, -0.2) is 45.9 Å². The van der Waals surface area contributed by atoms with E-state index in [9.17, 15) is 17.6 Å². The highest BCUT2D eigenvalue weighted by Gasteiger charge is 2.32. The Labute approximate surface area is 163 Å². The molecule has 1 amide bonds. The van der Waals surface area contributed by atoms with E-state index in [1.54, 1.807) is 24.0 Å². The summed E-state index contributed by atoms with van der Waals surface area (Å²) >= 11 is 0. The van der Waals surface area contributed by atoms with Crippen LogP contribution in [0.1, 0.15) is 27.7 Å². The van der Waals surface area contributed by atoms with Gasteiger partial charge in [-0.25, -0.2) is 17.5 Å².